The first kappa shape index (κ1) is 11.0. The molecule has 16 heavy (non-hydrogen) atoms. The monoisotopic (exact) mass is 219 g/mol. The number of hydrogen-bond acceptors (Lipinski definition) is 4. The number of hydrazine groups is 1. The Balaban J connectivity index is 1.98. The predicted octanol–water partition coefficient (Wildman–Crippen LogP) is 2.24. The lowest BCUT2D eigenvalue weighted by Crippen LogP contribution is -2.25. The van der Waals surface area contributed by atoms with Gasteiger partial charge >= 0.3 is 0 Å². The van der Waals surface area contributed by atoms with E-state index in [1.54, 1.807) is 0 Å². The van der Waals surface area contributed by atoms with Crippen LogP contribution >= 0.6 is 0 Å². The third-order valence-electron chi connectivity index (χ3n) is 2.93. The van der Waals surface area contributed by atoms with E-state index >= 15 is 0 Å². The molecule has 2 unspecified atom stereocenters. The minimum atomic E-state index is 0.325. The summed E-state index contributed by atoms with van der Waals surface area (Å²) in [5.74, 6) is 0.496. The number of rotatable bonds is 5. The SMILES string of the molecule is C=COCCC(C)C1NNc2cnccc21. The Hall–Kier alpha value is -1.55. The summed E-state index contributed by atoms with van der Waals surface area (Å²) in [5, 5.41) is 0. The van der Waals surface area contributed by atoms with Gasteiger partial charge in [0.05, 0.1) is 30.8 Å². The molecule has 0 saturated carbocycles. The minimum absolute atomic E-state index is 0.325. The maximum absolute atomic E-state index is 5.16. The molecule has 0 fully saturated rings. The third kappa shape index (κ3) is 2.17. The van der Waals surface area contributed by atoms with Crippen molar-refractivity contribution in [3.05, 3.63) is 36.9 Å². The maximum Gasteiger partial charge on any atom is 0.0876 e. The number of hydrogen-bond donors (Lipinski definition) is 2. The van der Waals surface area contributed by atoms with Gasteiger partial charge in [-0.1, -0.05) is 13.5 Å². The molecule has 4 nitrogen and oxygen atoms in total. The molecule has 0 aliphatic carbocycles. The lowest BCUT2D eigenvalue weighted by atomic mass is 9.93. The Labute approximate surface area is 95.7 Å². The third-order valence-corrected chi connectivity index (χ3v) is 2.93. The molecular formula is C12H17N3O. The fraction of sp³-hybridized carbons (Fsp3) is 0.417. The summed E-state index contributed by atoms with van der Waals surface area (Å²) in [7, 11) is 0. The second kappa shape index (κ2) is 4.99. The maximum atomic E-state index is 5.16. The van der Waals surface area contributed by atoms with Gasteiger partial charge in [0.2, 0.25) is 0 Å². The molecule has 1 aromatic heterocycles. The Morgan fingerprint density at radius 3 is 3.38 bits per heavy atom. The standard InChI is InChI=1S/C12H17N3O/c1-3-16-7-5-9(2)12-10-4-6-13-8-11(10)14-15-12/h3-4,6,8-9,12,14-15H,1,5,7H2,2H3. The molecule has 0 amide bonds. The summed E-state index contributed by atoms with van der Waals surface area (Å²) in [5.41, 5.74) is 8.78. The van der Waals surface area contributed by atoms with Gasteiger partial charge in [-0.05, 0) is 24.0 Å². The molecule has 2 heterocycles. The van der Waals surface area contributed by atoms with Crippen molar-refractivity contribution in [2.75, 3.05) is 12.0 Å². The van der Waals surface area contributed by atoms with E-state index < -0.39 is 0 Å². The summed E-state index contributed by atoms with van der Waals surface area (Å²) in [4.78, 5) is 4.09. The summed E-state index contributed by atoms with van der Waals surface area (Å²) in [6.07, 6.45) is 6.15. The molecule has 1 aromatic rings. The first-order valence-corrected chi connectivity index (χ1v) is 5.51. The van der Waals surface area contributed by atoms with Crippen LogP contribution in [0.1, 0.15) is 24.9 Å². The van der Waals surface area contributed by atoms with E-state index in [-0.39, 0.29) is 0 Å². The number of fused-ring (bicyclic) bond motifs is 1. The van der Waals surface area contributed by atoms with Crippen molar-refractivity contribution in [3.8, 4) is 0 Å². The van der Waals surface area contributed by atoms with Crippen molar-refractivity contribution in [3.63, 3.8) is 0 Å². The predicted molar refractivity (Wildman–Crippen MR) is 63.7 cm³/mol. The fourth-order valence-corrected chi connectivity index (χ4v) is 1.97. The smallest absolute Gasteiger partial charge is 0.0876 e. The molecule has 2 rings (SSSR count). The Morgan fingerprint density at radius 1 is 1.69 bits per heavy atom. The van der Waals surface area contributed by atoms with Gasteiger partial charge in [-0.3, -0.25) is 4.98 Å². The van der Waals surface area contributed by atoms with Crippen molar-refractivity contribution in [2.45, 2.75) is 19.4 Å². The molecule has 1 aliphatic heterocycles. The molecule has 1 aliphatic rings. The van der Waals surface area contributed by atoms with Gasteiger partial charge in [0.1, 0.15) is 0 Å². The van der Waals surface area contributed by atoms with E-state index in [2.05, 4.69) is 35.4 Å². The van der Waals surface area contributed by atoms with Crippen LogP contribution in [-0.2, 0) is 4.74 Å². The first-order valence-electron chi connectivity index (χ1n) is 5.51. The molecule has 0 aromatic carbocycles. The highest BCUT2D eigenvalue weighted by Crippen LogP contribution is 2.33. The van der Waals surface area contributed by atoms with Crippen LogP contribution in [0.15, 0.2) is 31.3 Å². The van der Waals surface area contributed by atoms with Gasteiger partial charge < -0.3 is 10.2 Å². The number of anilines is 1. The highest BCUT2D eigenvalue weighted by Gasteiger charge is 2.26. The quantitative estimate of drug-likeness (QED) is 0.589. The van der Waals surface area contributed by atoms with Crippen molar-refractivity contribution < 1.29 is 4.74 Å². The van der Waals surface area contributed by atoms with Gasteiger partial charge in [0, 0.05) is 6.20 Å². The van der Waals surface area contributed by atoms with Crippen LogP contribution in [0.3, 0.4) is 0 Å². The largest absolute Gasteiger partial charge is 0.502 e. The number of nitrogens with zero attached hydrogens (tertiary/aromatic N) is 1. The van der Waals surface area contributed by atoms with Gasteiger partial charge in [0.25, 0.3) is 0 Å². The average Bonchev–Trinajstić information content (AvgIpc) is 2.73. The number of pyridine rings is 1. The van der Waals surface area contributed by atoms with Gasteiger partial charge in [-0.25, -0.2) is 5.43 Å². The van der Waals surface area contributed by atoms with E-state index in [0.717, 1.165) is 12.1 Å². The Bertz CT molecular complexity index is 367. The van der Waals surface area contributed by atoms with Crippen molar-refractivity contribution in [1.29, 1.82) is 0 Å². The van der Waals surface area contributed by atoms with Gasteiger partial charge in [-0.15, -0.1) is 0 Å². The van der Waals surface area contributed by atoms with E-state index in [1.165, 1.54) is 11.8 Å². The second-order valence-corrected chi connectivity index (χ2v) is 4.01. The van der Waals surface area contributed by atoms with Crippen LogP contribution < -0.4 is 10.9 Å². The summed E-state index contributed by atoms with van der Waals surface area (Å²) in [6.45, 7) is 6.45. The molecule has 4 heteroatoms. The van der Waals surface area contributed by atoms with Crippen LogP contribution in [0.5, 0.6) is 0 Å². The van der Waals surface area contributed by atoms with Crippen molar-refractivity contribution >= 4 is 5.69 Å². The molecule has 0 spiro atoms. The highest BCUT2D eigenvalue weighted by atomic mass is 16.5. The van der Waals surface area contributed by atoms with Gasteiger partial charge in [0.15, 0.2) is 0 Å². The molecule has 86 valence electrons. The van der Waals surface area contributed by atoms with Crippen LogP contribution in [0.25, 0.3) is 0 Å². The minimum Gasteiger partial charge on any atom is -0.502 e. The summed E-state index contributed by atoms with van der Waals surface area (Å²) in [6, 6.07) is 2.38. The normalized spacial score (nSPS) is 19.7. The Kier molecular flexibility index (Phi) is 3.41. The van der Waals surface area contributed by atoms with E-state index in [0.29, 0.717) is 18.6 Å². The molecular weight excluding hydrogens is 202 g/mol. The Morgan fingerprint density at radius 2 is 2.56 bits per heavy atom. The molecule has 0 radical (unpaired) electrons. The van der Waals surface area contributed by atoms with Crippen molar-refractivity contribution in [1.82, 2.24) is 10.4 Å². The lowest BCUT2D eigenvalue weighted by molar-refractivity contribution is 0.214. The zero-order valence-corrected chi connectivity index (χ0v) is 9.44. The number of ether oxygens (including phenoxy) is 1. The topological polar surface area (TPSA) is 46.2 Å². The van der Waals surface area contributed by atoms with Crippen molar-refractivity contribution in [2.24, 2.45) is 5.92 Å². The first-order chi connectivity index (χ1) is 7.83. The average molecular weight is 219 g/mol. The van der Waals surface area contributed by atoms with E-state index in [4.69, 9.17) is 4.74 Å². The van der Waals surface area contributed by atoms with Crippen LogP contribution in [0.2, 0.25) is 0 Å². The summed E-state index contributed by atoms with van der Waals surface area (Å²) >= 11 is 0. The molecule has 0 saturated heterocycles. The van der Waals surface area contributed by atoms with Gasteiger partial charge in [-0.2, -0.15) is 0 Å². The molecule has 2 N–H and O–H groups in total. The van der Waals surface area contributed by atoms with Crippen LogP contribution in [0.4, 0.5) is 5.69 Å². The fourth-order valence-electron chi connectivity index (χ4n) is 1.97. The number of nitrogens with one attached hydrogen (secondary N) is 2. The zero-order valence-electron chi connectivity index (χ0n) is 9.44. The number of aromatic nitrogens is 1. The van der Waals surface area contributed by atoms with Crippen LogP contribution in [-0.4, -0.2) is 11.6 Å². The highest BCUT2D eigenvalue weighted by molar-refractivity contribution is 5.53. The van der Waals surface area contributed by atoms with E-state index in [9.17, 15) is 0 Å². The van der Waals surface area contributed by atoms with E-state index in [1.807, 2.05) is 12.4 Å². The summed E-state index contributed by atoms with van der Waals surface area (Å²) < 4.78 is 5.16. The zero-order chi connectivity index (χ0) is 11.4. The molecule has 0 bridgehead atoms. The molecule has 2 atom stereocenters. The van der Waals surface area contributed by atoms with Crippen LogP contribution in [0, 0.1) is 5.92 Å². The lowest BCUT2D eigenvalue weighted by Gasteiger charge is -2.19. The second-order valence-electron chi connectivity index (χ2n) is 4.01.